The monoisotopic (exact) mass is 551 g/mol. The van der Waals surface area contributed by atoms with E-state index in [1.807, 2.05) is 25.1 Å². The van der Waals surface area contributed by atoms with Crippen LogP contribution >= 0.6 is 11.6 Å². The number of hydrogen-bond acceptors (Lipinski definition) is 5. The van der Waals surface area contributed by atoms with Gasteiger partial charge in [0.1, 0.15) is 0 Å². The number of carboxylic acids is 1. The fraction of sp³-hybridized carbons (Fsp3) is 0.484. The van der Waals surface area contributed by atoms with E-state index in [9.17, 15) is 14.7 Å². The number of aromatic nitrogens is 1. The number of carboxylic acid groups (broad SMARTS) is 1. The lowest BCUT2D eigenvalue weighted by atomic mass is 9.70. The highest BCUT2D eigenvalue weighted by atomic mass is 35.5. The van der Waals surface area contributed by atoms with Crippen molar-refractivity contribution >= 4 is 41.3 Å². The van der Waals surface area contributed by atoms with Crippen molar-refractivity contribution in [1.29, 1.82) is 0 Å². The molecule has 4 rings (SSSR count). The second-order valence-corrected chi connectivity index (χ2v) is 11.7. The molecule has 1 aromatic carbocycles. The molecule has 0 bridgehead atoms. The molecule has 0 saturated heterocycles. The normalized spacial score (nSPS) is 21.9. The number of benzene rings is 1. The van der Waals surface area contributed by atoms with Gasteiger partial charge in [-0.05, 0) is 94.4 Å². The van der Waals surface area contributed by atoms with Crippen molar-refractivity contribution < 1.29 is 19.4 Å². The van der Waals surface area contributed by atoms with E-state index in [4.69, 9.17) is 21.3 Å². The first-order chi connectivity index (χ1) is 18.5. The molecule has 7 nitrogen and oxygen atoms in total. The molecular formula is C31H38ClN3O4. The zero-order valence-electron chi connectivity index (χ0n) is 23.2. The van der Waals surface area contributed by atoms with Crippen LogP contribution in [0.3, 0.4) is 0 Å². The summed E-state index contributed by atoms with van der Waals surface area (Å²) in [7, 11) is 0. The number of aliphatic carboxylic acids is 1. The van der Waals surface area contributed by atoms with Gasteiger partial charge in [0.15, 0.2) is 12.2 Å². The third kappa shape index (κ3) is 7.07. The molecule has 39 heavy (non-hydrogen) atoms. The van der Waals surface area contributed by atoms with Gasteiger partial charge >= 0.3 is 5.97 Å². The first-order valence-electron chi connectivity index (χ1n) is 13.7. The number of rotatable bonds is 8. The molecule has 2 N–H and O–H groups in total. The number of pyridine rings is 1. The maximum absolute atomic E-state index is 11.6. The molecule has 1 amide bonds. The van der Waals surface area contributed by atoms with Crippen LogP contribution in [0.5, 0.6) is 0 Å². The Morgan fingerprint density at radius 1 is 1.13 bits per heavy atom. The lowest BCUT2D eigenvalue weighted by molar-refractivity contribution is -0.151. The van der Waals surface area contributed by atoms with Crippen molar-refractivity contribution in [3.8, 4) is 11.3 Å². The van der Waals surface area contributed by atoms with Gasteiger partial charge in [-0.25, -0.2) is 9.98 Å². The number of allylic oxidation sites excluding steroid dienone is 1. The summed E-state index contributed by atoms with van der Waals surface area (Å²) in [5.41, 5.74) is 4.16. The van der Waals surface area contributed by atoms with Crippen molar-refractivity contribution in [3.05, 3.63) is 52.6 Å². The van der Waals surface area contributed by atoms with Crippen LogP contribution in [0.2, 0.25) is 5.02 Å². The number of carbonyl (C=O) groups excluding carboxylic acids is 1. The highest BCUT2D eigenvalue weighted by Gasteiger charge is 2.39. The molecule has 1 aromatic heterocycles. The Morgan fingerprint density at radius 3 is 2.38 bits per heavy atom. The van der Waals surface area contributed by atoms with E-state index in [1.165, 1.54) is 12.0 Å². The van der Waals surface area contributed by atoms with E-state index in [1.54, 1.807) is 20.8 Å². The van der Waals surface area contributed by atoms with E-state index < -0.39 is 11.4 Å². The third-order valence-electron chi connectivity index (χ3n) is 8.16. The van der Waals surface area contributed by atoms with Crippen molar-refractivity contribution in [2.75, 3.05) is 0 Å². The van der Waals surface area contributed by atoms with Gasteiger partial charge in [-0.2, -0.15) is 0 Å². The highest BCUT2D eigenvalue weighted by Crippen LogP contribution is 2.39. The predicted molar refractivity (Wildman–Crippen MR) is 155 cm³/mol. The molecular weight excluding hydrogens is 514 g/mol. The SMILES string of the molecule is CC(=O)NC1CC=C(c2ccc(-c3nc(/N=C/O[C@H]4CC[C@H](C(C)(C)C(=O)O)CC4)c(C)cc3Cl)cc2)CC1. The number of halogens is 1. The molecule has 2 aliphatic carbocycles. The molecule has 0 radical (unpaired) electrons. The average Bonchev–Trinajstić information content (AvgIpc) is 2.90. The zero-order valence-corrected chi connectivity index (χ0v) is 23.9. The van der Waals surface area contributed by atoms with Crippen LogP contribution in [0, 0.1) is 18.3 Å². The third-order valence-corrected chi connectivity index (χ3v) is 8.45. The van der Waals surface area contributed by atoms with Crippen LogP contribution in [0.25, 0.3) is 16.8 Å². The Labute approximate surface area is 235 Å². The molecule has 2 aromatic rings. The summed E-state index contributed by atoms with van der Waals surface area (Å²) in [6.45, 7) is 7.09. The number of aryl methyl sites for hydroxylation is 1. The summed E-state index contributed by atoms with van der Waals surface area (Å²) in [5.74, 6) is -0.0246. The number of amides is 1. The number of hydrogen-bond donors (Lipinski definition) is 2. The molecule has 0 spiro atoms. The summed E-state index contributed by atoms with van der Waals surface area (Å²) >= 11 is 6.58. The van der Waals surface area contributed by atoms with Crippen LogP contribution in [-0.2, 0) is 14.3 Å². The highest BCUT2D eigenvalue weighted by molar-refractivity contribution is 6.33. The number of nitrogens with zero attached hydrogens (tertiary/aromatic N) is 2. The fourth-order valence-electron chi connectivity index (χ4n) is 5.52. The summed E-state index contributed by atoms with van der Waals surface area (Å²) in [4.78, 5) is 32.1. The van der Waals surface area contributed by atoms with E-state index in [2.05, 4.69) is 28.5 Å². The van der Waals surface area contributed by atoms with E-state index in [0.29, 0.717) is 16.5 Å². The van der Waals surface area contributed by atoms with Gasteiger partial charge in [0, 0.05) is 18.5 Å². The molecule has 1 atom stereocenters. The van der Waals surface area contributed by atoms with E-state index in [0.717, 1.165) is 61.6 Å². The average molecular weight is 552 g/mol. The van der Waals surface area contributed by atoms with Crippen LogP contribution in [-0.4, -0.2) is 40.5 Å². The standard InChI is InChI=1S/C31H38ClN3O4/c1-19-17-27(32)28(23-7-5-21(6-8-23)22-9-13-25(14-10-22)34-20(2)36)35-29(19)33-18-39-26-15-11-24(12-16-26)31(3,4)30(37)38/h5-9,17-18,24-26H,10-16H2,1-4H3,(H,34,36)(H,37,38)/b33-18+/t24-,25?,26-. The van der Waals surface area contributed by atoms with Gasteiger partial charge < -0.3 is 15.2 Å². The quantitative estimate of drug-likeness (QED) is 0.268. The fourth-order valence-corrected chi connectivity index (χ4v) is 5.84. The van der Waals surface area contributed by atoms with Crippen LogP contribution in [0.1, 0.15) is 76.8 Å². The molecule has 1 unspecified atom stereocenters. The first kappa shape index (κ1) is 28.8. The largest absolute Gasteiger partial charge is 0.481 e. The second kappa shape index (κ2) is 12.3. The minimum atomic E-state index is -0.744. The van der Waals surface area contributed by atoms with Gasteiger partial charge in [0.05, 0.1) is 22.2 Å². The molecule has 1 heterocycles. The van der Waals surface area contributed by atoms with E-state index in [-0.39, 0.29) is 24.0 Å². The lowest BCUT2D eigenvalue weighted by Gasteiger charge is -2.35. The van der Waals surface area contributed by atoms with Gasteiger partial charge in [-0.1, -0.05) is 41.9 Å². The van der Waals surface area contributed by atoms with Crippen LogP contribution < -0.4 is 5.32 Å². The predicted octanol–water partition coefficient (Wildman–Crippen LogP) is 7.13. The molecule has 1 saturated carbocycles. The van der Waals surface area contributed by atoms with Crippen molar-refractivity contribution in [3.63, 3.8) is 0 Å². The van der Waals surface area contributed by atoms with Crippen LogP contribution in [0.4, 0.5) is 5.82 Å². The Hall–Kier alpha value is -3.19. The maximum Gasteiger partial charge on any atom is 0.309 e. The van der Waals surface area contributed by atoms with Gasteiger partial charge in [-0.15, -0.1) is 0 Å². The number of ether oxygens (including phenoxy) is 1. The molecule has 8 heteroatoms. The minimum absolute atomic E-state index is 0.0168. The zero-order chi connectivity index (χ0) is 28.2. The van der Waals surface area contributed by atoms with E-state index >= 15 is 0 Å². The second-order valence-electron chi connectivity index (χ2n) is 11.3. The maximum atomic E-state index is 11.6. The topological polar surface area (TPSA) is 101 Å². The molecule has 2 aliphatic rings. The van der Waals surface area contributed by atoms with Crippen molar-refractivity contribution in [1.82, 2.24) is 10.3 Å². The molecule has 208 valence electrons. The lowest BCUT2D eigenvalue weighted by Crippen LogP contribution is -2.36. The number of aliphatic imine (C=N–C) groups is 1. The summed E-state index contributed by atoms with van der Waals surface area (Å²) in [5, 5.41) is 13.1. The van der Waals surface area contributed by atoms with Crippen LogP contribution in [0.15, 0.2) is 41.4 Å². The number of carbonyl (C=O) groups is 2. The summed E-state index contributed by atoms with van der Waals surface area (Å²) < 4.78 is 5.91. The molecule has 0 aliphatic heterocycles. The Balaban J connectivity index is 1.39. The van der Waals surface area contributed by atoms with Crippen molar-refractivity contribution in [2.45, 2.75) is 84.8 Å². The Kier molecular flexibility index (Phi) is 9.11. The first-order valence-corrected chi connectivity index (χ1v) is 14.1. The summed E-state index contributed by atoms with van der Waals surface area (Å²) in [6, 6.07) is 10.3. The van der Waals surface area contributed by atoms with Gasteiger partial charge in [0.25, 0.3) is 0 Å². The summed E-state index contributed by atoms with van der Waals surface area (Å²) in [6.07, 6.45) is 9.66. The minimum Gasteiger partial charge on any atom is -0.481 e. The van der Waals surface area contributed by atoms with Gasteiger partial charge in [0.2, 0.25) is 5.91 Å². The Bertz CT molecular complexity index is 1260. The number of nitrogens with one attached hydrogen (secondary N) is 1. The smallest absolute Gasteiger partial charge is 0.309 e. The van der Waals surface area contributed by atoms with Gasteiger partial charge in [-0.3, -0.25) is 9.59 Å². The van der Waals surface area contributed by atoms with Crippen molar-refractivity contribution in [2.24, 2.45) is 16.3 Å². The Morgan fingerprint density at radius 2 is 1.79 bits per heavy atom. The molecule has 1 fully saturated rings.